The maximum absolute atomic E-state index is 5.85. The lowest BCUT2D eigenvalue weighted by molar-refractivity contribution is 0.738. The van der Waals surface area contributed by atoms with Crippen molar-refractivity contribution >= 4 is 10.9 Å². The topological polar surface area (TPSA) is 30.9 Å². The number of nitrogens with zero attached hydrogens (tertiary/aromatic N) is 1. The Morgan fingerprint density at radius 3 is 2.80 bits per heavy atom. The van der Waals surface area contributed by atoms with Gasteiger partial charge in [0.05, 0.1) is 5.52 Å². The molecule has 0 aliphatic rings. The lowest BCUT2D eigenvalue weighted by atomic mass is 10.1. The van der Waals surface area contributed by atoms with Crippen LogP contribution in [-0.2, 0) is 13.5 Å². The molecule has 1 heterocycles. The van der Waals surface area contributed by atoms with E-state index in [1.807, 2.05) is 0 Å². The second-order valence-electron chi connectivity index (χ2n) is 4.42. The second-order valence-corrected chi connectivity index (χ2v) is 4.42. The molecule has 0 fully saturated rings. The SMILES string of the molecule is Cc1cccc2c(CC(C)N)cn(C)c12. The van der Waals surface area contributed by atoms with Crippen LogP contribution in [0.15, 0.2) is 24.4 Å². The van der Waals surface area contributed by atoms with Gasteiger partial charge in [0.25, 0.3) is 0 Å². The average Bonchev–Trinajstić information content (AvgIpc) is 2.44. The Bertz CT molecular complexity index is 480. The lowest BCUT2D eigenvalue weighted by Crippen LogP contribution is -2.17. The van der Waals surface area contributed by atoms with E-state index < -0.39 is 0 Å². The van der Waals surface area contributed by atoms with E-state index in [4.69, 9.17) is 5.73 Å². The largest absolute Gasteiger partial charge is 0.350 e. The Balaban J connectivity index is 2.63. The molecule has 1 atom stereocenters. The van der Waals surface area contributed by atoms with Crippen LogP contribution >= 0.6 is 0 Å². The van der Waals surface area contributed by atoms with Gasteiger partial charge in [-0.1, -0.05) is 18.2 Å². The molecule has 0 saturated heterocycles. The number of hydrogen-bond donors (Lipinski definition) is 1. The van der Waals surface area contributed by atoms with Gasteiger partial charge in [-0.3, -0.25) is 0 Å². The summed E-state index contributed by atoms with van der Waals surface area (Å²) in [6.45, 7) is 4.20. The third kappa shape index (κ3) is 1.77. The van der Waals surface area contributed by atoms with Crippen molar-refractivity contribution in [2.24, 2.45) is 12.8 Å². The van der Waals surface area contributed by atoms with Crippen molar-refractivity contribution in [2.75, 3.05) is 0 Å². The van der Waals surface area contributed by atoms with Crippen molar-refractivity contribution in [1.82, 2.24) is 4.57 Å². The Hall–Kier alpha value is -1.28. The number of fused-ring (bicyclic) bond motifs is 1. The van der Waals surface area contributed by atoms with E-state index >= 15 is 0 Å². The molecule has 0 aliphatic heterocycles. The molecule has 2 nitrogen and oxygen atoms in total. The fourth-order valence-electron chi connectivity index (χ4n) is 2.26. The minimum Gasteiger partial charge on any atom is -0.350 e. The van der Waals surface area contributed by atoms with E-state index in [0.29, 0.717) is 0 Å². The van der Waals surface area contributed by atoms with Crippen molar-refractivity contribution < 1.29 is 0 Å². The quantitative estimate of drug-likeness (QED) is 0.796. The van der Waals surface area contributed by atoms with Gasteiger partial charge in [0.1, 0.15) is 0 Å². The summed E-state index contributed by atoms with van der Waals surface area (Å²) in [7, 11) is 2.10. The van der Waals surface area contributed by atoms with E-state index in [2.05, 4.69) is 49.9 Å². The van der Waals surface area contributed by atoms with Crippen LogP contribution in [-0.4, -0.2) is 10.6 Å². The smallest absolute Gasteiger partial charge is 0.0510 e. The van der Waals surface area contributed by atoms with Crippen molar-refractivity contribution in [3.8, 4) is 0 Å². The Morgan fingerprint density at radius 1 is 1.40 bits per heavy atom. The third-order valence-electron chi connectivity index (χ3n) is 2.83. The van der Waals surface area contributed by atoms with Gasteiger partial charge in [-0.2, -0.15) is 0 Å². The minimum atomic E-state index is 0.219. The van der Waals surface area contributed by atoms with E-state index in [-0.39, 0.29) is 6.04 Å². The average molecular weight is 202 g/mol. The number of nitrogens with two attached hydrogens (primary N) is 1. The van der Waals surface area contributed by atoms with Crippen molar-refractivity contribution in [3.05, 3.63) is 35.5 Å². The van der Waals surface area contributed by atoms with Crippen LogP contribution in [0.3, 0.4) is 0 Å². The van der Waals surface area contributed by atoms with E-state index in [9.17, 15) is 0 Å². The molecule has 2 N–H and O–H groups in total. The van der Waals surface area contributed by atoms with Crippen LogP contribution in [0.25, 0.3) is 10.9 Å². The Labute approximate surface area is 90.7 Å². The minimum absolute atomic E-state index is 0.219. The molecule has 0 saturated carbocycles. The van der Waals surface area contributed by atoms with Crippen LogP contribution in [0.5, 0.6) is 0 Å². The first-order valence-corrected chi connectivity index (χ1v) is 5.38. The molecule has 0 radical (unpaired) electrons. The highest BCUT2D eigenvalue weighted by molar-refractivity contribution is 5.86. The summed E-state index contributed by atoms with van der Waals surface area (Å²) in [4.78, 5) is 0. The molecule has 1 unspecified atom stereocenters. The first kappa shape index (κ1) is 10.2. The monoisotopic (exact) mass is 202 g/mol. The summed E-state index contributed by atoms with van der Waals surface area (Å²) in [6.07, 6.45) is 3.14. The zero-order chi connectivity index (χ0) is 11.0. The summed E-state index contributed by atoms with van der Waals surface area (Å²) < 4.78 is 2.20. The number of aryl methyl sites for hydroxylation is 2. The van der Waals surface area contributed by atoms with Crippen LogP contribution in [0.4, 0.5) is 0 Å². The zero-order valence-corrected chi connectivity index (χ0v) is 9.62. The Kier molecular flexibility index (Phi) is 2.53. The molecule has 1 aromatic carbocycles. The predicted molar refractivity (Wildman–Crippen MR) is 65.0 cm³/mol. The molecule has 1 aromatic heterocycles. The van der Waals surface area contributed by atoms with E-state index in [0.717, 1.165) is 6.42 Å². The second kappa shape index (κ2) is 3.70. The normalized spacial score (nSPS) is 13.3. The first-order chi connectivity index (χ1) is 7.09. The van der Waals surface area contributed by atoms with Gasteiger partial charge in [-0.05, 0) is 31.4 Å². The van der Waals surface area contributed by atoms with Crippen molar-refractivity contribution in [2.45, 2.75) is 26.3 Å². The summed E-state index contributed by atoms with van der Waals surface area (Å²) in [5.74, 6) is 0. The van der Waals surface area contributed by atoms with Crippen LogP contribution < -0.4 is 5.73 Å². The van der Waals surface area contributed by atoms with E-state index in [1.54, 1.807) is 0 Å². The number of para-hydroxylation sites is 1. The molecular formula is C13H18N2. The molecule has 0 aliphatic carbocycles. The highest BCUT2D eigenvalue weighted by Gasteiger charge is 2.09. The molecule has 0 bridgehead atoms. The summed E-state index contributed by atoms with van der Waals surface area (Å²) in [6, 6.07) is 6.66. The van der Waals surface area contributed by atoms with Crippen LogP contribution in [0, 0.1) is 6.92 Å². The van der Waals surface area contributed by atoms with Crippen LogP contribution in [0.2, 0.25) is 0 Å². The summed E-state index contributed by atoms with van der Waals surface area (Å²) in [5.41, 5.74) is 9.86. The molecular weight excluding hydrogens is 184 g/mol. The predicted octanol–water partition coefficient (Wildman–Crippen LogP) is 2.38. The maximum atomic E-state index is 5.85. The van der Waals surface area contributed by atoms with Gasteiger partial charge in [0.15, 0.2) is 0 Å². The third-order valence-corrected chi connectivity index (χ3v) is 2.83. The molecule has 15 heavy (non-hydrogen) atoms. The fourth-order valence-corrected chi connectivity index (χ4v) is 2.26. The molecule has 2 rings (SSSR count). The fraction of sp³-hybridized carbons (Fsp3) is 0.385. The van der Waals surface area contributed by atoms with Gasteiger partial charge in [0, 0.05) is 24.7 Å². The Morgan fingerprint density at radius 2 is 2.13 bits per heavy atom. The summed E-state index contributed by atoms with van der Waals surface area (Å²) in [5, 5.41) is 1.34. The molecule has 2 aromatic rings. The van der Waals surface area contributed by atoms with Gasteiger partial charge in [-0.25, -0.2) is 0 Å². The number of hydrogen-bond acceptors (Lipinski definition) is 1. The van der Waals surface area contributed by atoms with Gasteiger partial charge in [0.2, 0.25) is 0 Å². The number of aromatic nitrogens is 1. The first-order valence-electron chi connectivity index (χ1n) is 5.38. The van der Waals surface area contributed by atoms with E-state index in [1.165, 1.54) is 22.0 Å². The highest BCUT2D eigenvalue weighted by Crippen LogP contribution is 2.24. The van der Waals surface area contributed by atoms with Gasteiger partial charge >= 0.3 is 0 Å². The molecule has 2 heteroatoms. The van der Waals surface area contributed by atoms with Gasteiger partial charge < -0.3 is 10.3 Å². The molecule has 0 spiro atoms. The van der Waals surface area contributed by atoms with Gasteiger partial charge in [-0.15, -0.1) is 0 Å². The molecule has 0 amide bonds. The zero-order valence-electron chi connectivity index (χ0n) is 9.62. The summed E-state index contributed by atoms with van der Waals surface area (Å²) >= 11 is 0. The highest BCUT2D eigenvalue weighted by atomic mass is 14.9. The lowest BCUT2D eigenvalue weighted by Gasteiger charge is -2.03. The standard InChI is InChI=1S/C13H18N2/c1-9-5-4-6-12-11(7-10(2)14)8-15(3)13(9)12/h4-6,8,10H,7,14H2,1-3H3. The molecule has 80 valence electrons. The maximum Gasteiger partial charge on any atom is 0.0510 e. The van der Waals surface area contributed by atoms with Crippen molar-refractivity contribution in [3.63, 3.8) is 0 Å². The number of benzene rings is 1. The number of rotatable bonds is 2. The van der Waals surface area contributed by atoms with Crippen LogP contribution in [0.1, 0.15) is 18.1 Å². The van der Waals surface area contributed by atoms with Crippen molar-refractivity contribution in [1.29, 1.82) is 0 Å².